The van der Waals surface area contributed by atoms with Gasteiger partial charge in [-0.05, 0) is 66.6 Å². The third kappa shape index (κ3) is 8.36. The zero-order chi connectivity index (χ0) is 32.5. The molecule has 1 aliphatic rings. The molecule has 4 N–H and O–H groups in total. The zero-order valence-corrected chi connectivity index (χ0v) is 25.5. The first kappa shape index (κ1) is 31.9. The molecule has 13 heteroatoms. The fraction of sp³-hybridized carbons (Fsp3) is 0.212. The number of rotatable bonds is 9. The average molecular weight is 642 g/mol. The number of carboxylic acid groups (broad SMARTS) is 1. The number of anilines is 3. The van der Waals surface area contributed by atoms with Gasteiger partial charge in [-0.3, -0.25) is 24.4 Å². The lowest BCUT2D eigenvalue weighted by atomic mass is 10.0. The normalized spacial score (nSPS) is 13.7. The fourth-order valence-electron chi connectivity index (χ4n) is 5.19. The number of benzene rings is 2. The summed E-state index contributed by atoms with van der Waals surface area (Å²) < 4.78 is 0. The molecule has 1 unspecified atom stereocenters. The number of nitrogens with one attached hydrogen (secondary N) is 3. The molecule has 4 aromatic rings. The maximum absolute atomic E-state index is 13.4. The summed E-state index contributed by atoms with van der Waals surface area (Å²) in [7, 11) is 0. The lowest BCUT2D eigenvalue weighted by molar-refractivity contribution is -0.137. The van der Waals surface area contributed by atoms with Crippen LogP contribution in [0.25, 0.3) is 0 Å². The molecular weight excluding hydrogens is 610 g/mol. The Balaban J connectivity index is 1.39. The zero-order valence-electron chi connectivity index (χ0n) is 24.7. The second-order valence-corrected chi connectivity index (χ2v) is 11.0. The largest absolute Gasteiger partial charge is 0.481 e. The van der Waals surface area contributed by atoms with Gasteiger partial charge < -0.3 is 30.9 Å². The van der Waals surface area contributed by atoms with Crippen LogP contribution in [0.1, 0.15) is 45.2 Å². The molecule has 1 saturated heterocycles. The van der Waals surface area contributed by atoms with Gasteiger partial charge in [0.25, 0.3) is 11.8 Å². The standard InChI is InChI=1S/C33H32ClN7O5/c34-25-7-1-8-26(18-25)37-33(46)39-28-17-22(31(44)38-27(19-30(42)43)23-5-2-11-35-20-23)9-10-29(28)40-13-4-14-41(16-15-40)32(45)24-6-3-12-36-21-24/h1-3,5-12,17-18,20-21,27H,4,13-16,19H2,(H,38,44)(H,42,43)(H2,37,39,46). The summed E-state index contributed by atoms with van der Waals surface area (Å²) in [4.78, 5) is 63.2. The highest BCUT2D eigenvalue weighted by Crippen LogP contribution is 2.30. The van der Waals surface area contributed by atoms with Crippen molar-refractivity contribution in [2.75, 3.05) is 41.7 Å². The van der Waals surface area contributed by atoms with Gasteiger partial charge in [0.05, 0.1) is 29.4 Å². The Morgan fingerprint density at radius 2 is 1.65 bits per heavy atom. The minimum absolute atomic E-state index is 0.106. The third-order valence-corrected chi connectivity index (χ3v) is 7.63. The Morgan fingerprint density at radius 1 is 0.848 bits per heavy atom. The van der Waals surface area contributed by atoms with E-state index in [1.54, 1.807) is 90.2 Å². The van der Waals surface area contributed by atoms with Gasteiger partial charge in [-0.25, -0.2) is 4.79 Å². The molecule has 0 bridgehead atoms. The Labute approximate surface area is 270 Å². The molecule has 2 aromatic carbocycles. The van der Waals surface area contributed by atoms with E-state index in [-0.39, 0.29) is 17.9 Å². The molecular formula is C33H32ClN7O5. The van der Waals surface area contributed by atoms with E-state index in [9.17, 15) is 24.3 Å². The van der Waals surface area contributed by atoms with Crippen LogP contribution in [-0.4, -0.2) is 70.0 Å². The molecule has 12 nitrogen and oxygen atoms in total. The van der Waals surface area contributed by atoms with Crippen LogP contribution >= 0.6 is 11.6 Å². The Morgan fingerprint density at radius 3 is 2.37 bits per heavy atom. The van der Waals surface area contributed by atoms with Gasteiger partial charge in [-0.1, -0.05) is 23.7 Å². The molecule has 1 fully saturated rings. The minimum Gasteiger partial charge on any atom is -0.481 e. The Hall–Kier alpha value is -5.49. The molecule has 4 amide bonds. The van der Waals surface area contributed by atoms with Gasteiger partial charge in [0.2, 0.25) is 0 Å². The number of hydrogen-bond donors (Lipinski definition) is 4. The van der Waals surface area contributed by atoms with Crippen LogP contribution in [0.3, 0.4) is 0 Å². The van der Waals surface area contributed by atoms with E-state index in [0.717, 1.165) is 0 Å². The van der Waals surface area contributed by atoms with Crippen LogP contribution in [-0.2, 0) is 4.79 Å². The molecule has 0 aliphatic carbocycles. The highest BCUT2D eigenvalue weighted by Gasteiger charge is 2.24. The number of urea groups is 1. The number of carbonyl (C=O) groups excluding carboxylic acids is 3. The predicted molar refractivity (Wildman–Crippen MR) is 174 cm³/mol. The smallest absolute Gasteiger partial charge is 0.323 e. The van der Waals surface area contributed by atoms with Crippen molar-refractivity contribution in [1.29, 1.82) is 0 Å². The van der Waals surface area contributed by atoms with Gasteiger partial charge in [0, 0.05) is 67.2 Å². The lowest BCUT2D eigenvalue weighted by Gasteiger charge is -2.27. The van der Waals surface area contributed by atoms with E-state index in [1.165, 1.54) is 6.20 Å². The number of amides is 4. The molecule has 0 radical (unpaired) electrons. The van der Waals surface area contributed by atoms with E-state index in [4.69, 9.17) is 11.6 Å². The van der Waals surface area contributed by atoms with E-state index in [1.807, 2.05) is 0 Å². The molecule has 236 valence electrons. The van der Waals surface area contributed by atoms with Crippen LogP contribution in [0.4, 0.5) is 21.9 Å². The number of carbonyl (C=O) groups is 4. The van der Waals surface area contributed by atoms with Gasteiger partial charge in [0.15, 0.2) is 0 Å². The summed E-state index contributed by atoms with van der Waals surface area (Å²) >= 11 is 6.08. The summed E-state index contributed by atoms with van der Waals surface area (Å²) in [6.45, 7) is 2.05. The van der Waals surface area contributed by atoms with Crippen molar-refractivity contribution < 1.29 is 24.3 Å². The fourth-order valence-corrected chi connectivity index (χ4v) is 5.38. The summed E-state index contributed by atoms with van der Waals surface area (Å²) in [5.41, 5.74) is 2.76. The molecule has 0 spiro atoms. The number of aliphatic carboxylic acids is 1. The number of hydrogen-bond acceptors (Lipinski definition) is 7. The molecule has 3 heterocycles. The molecule has 1 atom stereocenters. The Bertz CT molecular complexity index is 1710. The minimum atomic E-state index is -1.08. The van der Waals surface area contributed by atoms with Crippen molar-refractivity contribution >= 4 is 52.5 Å². The number of halogens is 1. The molecule has 46 heavy (non-hydrogen) atoms. The maximum atomic E-state index is 13.4. The Kier molecular flexibility index (Phi) is 10.4. The molecule has 1 aliphatic heterocycles. The molecule has 5 rings (SSSR count). The van der Waals surface area contributed by atoms with Gasteiger partial charge >= 0.3 is 12.0 Å². The summed E-state index contributed by atoms with van der Waals surface area (Å²) in [5.74, 6) is -1.71. The summed E-state index contributed by atoms with van der Waals surface area (Å²) in [6.07, 6.45) is 6.56. The predicted octanol–water partition coefficient (Wildman–Crippen LogP) is 5.07. The van der Waals surface area contributed by atoms with Gasteiger partial charge in [-0.2, -0.15) is 0 Å². The van der Waals surface area contributed by atoms with Crippen LogP contribution in [0.2, 0.25) is 5.02 Å². The topological polar surface area (TPSA) is 157 Å². The third-order valence-electron chi connectivity index (χ3n) is 7.39. The molecule has 0 saturated carbocycles. The van der Waals surface area contributed by atoms with Crippen molar-refractivity contribution in [3.05, 3.63) is 113 Å². The maximum Gasteiger partial charge on any atom is 0.323 e. The van der Waals surface area contributed by atoms with Crippen molar-refractivity contribution in [3.63, 3.8) is 0 Å². The van der Waals surface area contributed by atoms with E-state index < -0.39 is 23.9 Å². The van der Waals surface area contributed by atoms with Crippen molar-refractivity contribution in [2.45, 2.75) is 18.9 Å². The average Bonchev–Trinajstić information content (AvgIpc) is 3.31. The first-order valence-corrected chi connectivity index (χ1v) is 15.0. The van der Waals surface area contributed by atoms with Crippen LogP contribution in [0, 0.1) is 0 Å². The van der Waals surface area contributed by atoms with E-state index in [0.29, 0.717) is 65.8 Å². The lowest BCUT2D eigenvalue weighted by Crippen LogP contribution is -2.35. The quantitative estimate of drug-likeness (QED) is 0.197. The summed E-state index contributed by atoms with van der Waals surface area (Å²) in [5, 5.41) is 18.3. The highest BCUT2D eigenvalue weighted by atomic mass is 35.5. The monoisotopic (exact) mass is 641 g/mol. The van der Waals surface area contributed by atoms with Crippen LogP contribution in [0.5, 0.6) is 0 Å². The first-order valence-electron chi connectivity index (χ1n) is 14.6. The van der Waals surface area contributed by atoms with Gasteiger partial charge in [0.1, 0.15) is 0 Å². The van der Waals surface area contributed by atoms with Crippen LogP contribution in [0.15, 0.2) is 91.5 Å². The molecule has 2 aromatic heterocycles. The van der Waals surface area contributed by atoms with Gasteiger partial charge in [-0.15, -0.1) is 0 Å². The number of carboxylic acids is 1. The van der Waals surface area contributed by atoms with E-state index >= 15 is 0 Å². The summed E-state index contributed by atoms with van der Waals surface area (Å²) in [6, 6.07) is 17.0. The number of pyridine rings is 2. The van der Waals surface area contributed by atoms with E-state index in [2.05, 4.69) is 30.8 Å². The second kappa shape index (κ2) is 15.0. The number of nitrogens with zero attached hydrogens (tertiary/aromatic N) is 4. The van der Waals surface area contributed by atoms with Crippen molar-refractivity contribution in [3.8, 4) is 0 Å². The highest BCUT2D eigenvalue weighted by molar-refractivity contribution is 6.30. The SMILES string of the molecule is O=C(O)CC(NC(=O)c1ccc(N2CCCN(C(=O)c3cccnc3)CC2)c(NC(=O)Nc2cccc(Cl)c2)c1)c1cccnc1. The van der Waals surface area contributed by atoms with Crippen molar-refractivity contribution in [2.24, 2.45) is 0 Å². The number of aromatic nitrogens is 2. The van der Waals surface area contributed by atoms with Crippen LogP contribution < -0.4 is 20.9 Å². The van der Waals surface area contributed by atoms with Crippen molar-refractivity contribution in [1.82, 2.24) is 20.2 Å². The second-order valence-electron chi connectivity index (χ2n) is 10.6. The first-order chi connectivity index (χ1) is 22.3.